The molecule has 1 aliphatic heterocycles. The molecule has 1 saturated heterocycles. The Balaban J connectivity index is 1.56. The third-order valence-electron chi connectivity index (χ3n) is 4.75. The van der Waals surface area contributed by atoms with E-state index in [1.807, 2.05) is 39.1 Å². The van der Waals surface area contributed by atoms with E-state index in [4.69, 9.17) is 9.97 Å². The zero-order chi connectivity index (χ0) is 19.5. The molecule has 8 nitrogen and oxygen atoms in total. The van der Waals surface area contributed by atoms with E-state index in [9.17, 15) is 0 Å². The van der Waals surface area contributed by atoms with Gasteiger partial charge in [-0.1, -0.05) is 0 Å². The molecule has 1 N–H and O–H groups in total. The summed E-state index contributed by atoms with van der Waals surface area (Å²) in [5, 5.41) is 3.24. The number of aromatic nitrogens is 6. The van der Waals surface area contributed by atoms with Gasteiger partial charge in [0.1, 0.15) is 17.5 Å². The lowest BCUT2D eigenvalue weighted by molar-refractivity contribution is 0.488. The molecule has 28 heavy (non-hydrogen) atoms. The quantitative estimate of drug-likeness (QED) is 0.742. The van der Waals surface area contributed by atoms with Crippen molar-refractivity contribution in [3.8, 4) is 0 Å². The fourth-order valence-corrected chi connectivity index (χ4v) is 3.59. The van der Waals surface area contributed by atoms with Crippen LogP contribution >= 0.6 is 0 Å². The number of nitrogens with one attached hydrogen (secondary N) is 1. The highest BCUT2D eigenvalue weighted by Crippen LogP contribution is 2.28. The standard InChI is InChI=1S/C20H24N8/c1-13-9-14(2)25-20(24-13)27-17-10-15(3)23-19(26-17)16-5-4-8-28(12-16)18-11-21-6-7-22-18/h6-7,9-11,16H,4-5,8,12H2,1-3H3,(H,23,24,25,26,27). The molecule has 3 aromatic heterocycles. The van der Waals surface area contributed by atoms with Gasteiger partial charge in [0.05, 0.1) is 6.20 Å². The van der Waals surface area contributed by atoms with Gasteiger partial charge in [-0.05, 0) is 39.7 Å². The van der Waals surface area contributed by atoms with E-state index in [2.05, 4.69) is 30.2 Å². The number of aryl methyl sites for hydroxylation is 3. The average Bonchev–Trinajstić information content (AvgIpc) is 2.67. The molecule has 1 aliphatic rings. The Morgan fingerprint density at radius 3 is 2.50 bits per heavy atom. The molecule has 0 saturated carbocycles. The highest BCUT2D eigenvalue weighted by molar-refractivity contribution is 5.49. The second kappa shape index (κ2) is 7.84. The van der Waals surface area contributed by atoms with Crippen LogP contribution in [0.4, 0.5) is 17.6 Å². The van der Waals surface area contributed by atoms with Crippen LogP contribution < -0.4 is 10.2 Å². The number of rotatable bonds is 4. The molecule has 4 heterocycles. The third-order valence-corrected chi connectivity index (χ3v) is 4.75. The van der Waals surface area contributed by atoms with Gasteiger partial charge >= 0.3 is 0 Å². The molecule has 3 aromatic rings. The van der Waals surface area contributed by atoms with Crippen molar-refractivity contribution in [1.29, 1.82) is 0 Å². The molecule has 0 amide bonds. The topological polar surface area (TPSA) is 92.6 Å². The lowest BCUT2D eigenvalue weighted by atomic mass is 9.97. The fraction of sp³-hybridized carbons (Fsp3) is 0.400. The summed E-state index contributed by atoms with van der Waals surface area (Å²) in [4.78, 5) is 29.3. The summed E-state index contributed by atoms with van der Waals surface area (Å²) in [5.74, 6) is 3.29. The van der Waals surface area contributed by atoms with Crippen LogP contribution in [-0.4, -0.2) is 43.0 Å². The van der Waals surface area contributed by atoms with E-state index >= 15 is 0 Å². The molecule has 1 atom stereocenters. The first kappa shape index (κ1) is 18.2. The van der Waals surface area contributed by atoms with Crippen molar-refractivity contribution >= 4 is 17.6 Å². The maximum absolute atomic E-state index is 4.78. The van der Waals surface area contributed by atoms with Crippen molar-refractivity contribution in [2.24, 2.45) is 0 Å². The molecule has 1 unspecified atom stereocenters. The largest absolute Gasteiger partial charge is 0.355 e. The summed E-state index contributed by atoms with van der Waals surface area (Å²) in [5.41, 5.74) is 2.77. The van der Waals surface area contributed by atoms with Crippen molar-refractivity contribution in [3.63, 3.8) is 0 Å². The van der Waals surface area contributed by atoms with Gasteiger partial charge in [-0.2, -0.15) is 0 Å². The zero-order valence-electron chi connectivity index (χ0n) is 16.4. The van der Waals surface area contributed by atoms with Crippen LogP contribution in [0.2, 0.25) is 0 Å². The normalized spacial score (nSPS) is 16.8. The van der Waals surface area contributed by atoms with Crippen LogP contribution in [0.15, 0.2) is 30.7 Å². The monoisotopic (exact) mass is 376 g/mol. The summed E-state index contributed by atoms with van der Waals surface area (Å²) in [6.07, 6.45) is 7.36. The number of nitrogens with zero attached hydrogens (tertiary/aromatic N) is 7. The van der Waals surface area contributed by atoms with E-state index in [1.54, 1.807) is 12.4 Å². The Bertz CT molecular complexity index is 939. The van der Waals surface area contributed by atoms with E-state index in [1.165, 1.54) is 0 Å². The lowest BCUT2D eigenvalue weighted by Crippen LogP contribution is -2.35. The first-order valence-corrected chi connectivity index (χ1v) is 9.53. The van der Waals surface area contributed by atoms with Crippen LogP contribution in [-0.2, 0) is 0 Å². The molecule has 0 radical (unpaired) electrons. The highest BCUT2D eigenvalue weighted by Gasteiger charge is 2.25. The summed E-state index contributed by atoms with van der Waals surface area (Å²) >= 11 is 0. The molecule has 8 heteroatoms. The molecule has 0 aliphatic carbocycles. The van der Waals surface area contributed by atoms with Crippen molar-refractivity contribution in [1.82, 2.24) is 29.9 Å². The predicted octanol–water partition coefficient (Wildman–Crippen LogP) is 3.11. The van der Waals surface area contributed by atoms with Crippen LogP contribution in [0.3, 0.4) is 0 Å². The Morgan fingerprint density at radius 2 is 1.75 bits per heavy atom. The summed E-state index contributed by atoms with van der Waals surface area (Å²) < 4.78 is 0. The third kappa shape index (κ3) is 4.21. The maximum Gasteiger partial charge on any atom is 0.228 e. The Morgan fingerprint density at radius 1 is 0.964 bits per heavy atom. The van der Waals surface area contributed by atoms with Gasteiger partial charge in [0.2, 0.25) is 5.95 Å². The Hall–Kier alpha value is -3.16. The number of anilines is 3. The fourth-order valence-electron chi connectivity index (χ4n) is 3.59. The van der Waals surface area contributed by atoms with Crippen LogP contribution in [0.5, 0.6) is 0 Å². The minimum atomic E-state index is 0.247. The van der Waals surface area contributed by atoms with E-state index < -0.39 is 0 Å². The van der Waals surface area contributed by atoms with Crippen LogP contribution in [0.25, 0.3) is 0 Å². The van der Waals surface area contributed by atoms with Gasteiger partial charge < -0.3 is 10.2 Å². The minimum absolute atomic E-state index is 0.247. The van der Waals surface area contributed by atoms with E-state index in [0.717, 1.165) is 60.5 Å². The number of piperidine rings is 1. The van der Waals surface area contributed by atoms with E-state index in [0.29, 0.717) is 5.95 Å². The van der Waals surface area contributed by atoms with Crippen molar-refractivity contribution < 1.29 is 0 Å². The molecule has 0 aromatic carbocycles. The molecule has 0 spiro atoms. The maximum atomic E-state index is 4.78. The van der Waals surface area contributed by atoms with Gasteiger partial charge in [-0.3, -0.25) is 4.98 Å². The lowest BCUT2D eigenvalue weighted by Gasteiger charge is -2.32. The SMILES string of the molecule is Cc1cc(C)nc(Nc2cc(C)nc(C3CCCN(c4cnccn4)C3)n2)n1. The summed E-state index contributed by atoms with van der Waals surface area (Å²) in [6.45, 7) is 7.71. The number of hydrogen-bond acceptors (Lipinski definition) is 8. The molecule has 1 fully saturated rings. The van der Waals surface area contributed by atoms with Gasteiger partial charge in [0.15, 0.2) is 0 Å². The van der Waals surface area contributed by atoms with E-state index in [-0.39, 0.29) is 5.92 Å². The first-order chi connectivity index (χ1) is 13.6. The van der Waals surface area contributed by atoms with Gasteiger partial charge in [-0.25, -0.2) is 24.9 Å². The molecule has 0 bridgehead atoms. The minimum Gasteiger partial charge on any atom is -0.355 e. The highest BCUT2D eigenvalue weighted by atomic mass is 15.2. The van der Waals surface area contributed by atoms with Gasteiger partial charge in [0.25, 0.3) is 0 Å². The molecule has 144 valence electrons. The van der Waals surface area contributed by atoms with Gasteiger partial charge in [0, 0.05) is 54.5 Å². The van der Waals surface area contributed by atoms with Crippen molar-refractivity contribution in [2.45, 2.75) is 39.5 Å². The zero-order valence-corrected chi connectivity index (χ0v) is 16.4. The molecule has 4 rings (SSSR count). The average molecular weight is 376 g/mol. The Kier molecular flexibility index (Phi) is 5.10. The second-order valence-corrected chi connectivity index (χ2v) is 7.20. The molecular formula is C20H24N8. The van der Waals surface area contributed by atoms with Crippen molar-refractivity contribution in [2.75, 3.05) is 23.3 Å². The van der Waals surface area contributed by atoms with Crippen LogP contribution in [0, 0.1) is 20.8 Å². The molecular weight excluding hydrogens is 352 g/mol. The van der Waals surface area contributed by atoms with Gasteiger partial charge in [-0.15, -0.1) is 0 Å². The summed E-state index contributed by atoms with van der Waals surface area (Å²) in [6, 6.07) is 3.87. The Labute approximate surface area is 164 Å². The predicted molar refractivity (Wildman–Crippen MR) is 108 cm³/mol. The number of hydrogen-bond donors (Lipinski definition) is 1. The summed E-state index contributed by atoms with van der Waals surface area (Å²) in [7, 11) is 0. The first-order valence-electron chi connectivity index (χ1n) is 9.53. The van der Waals surface area contributed by atoms with Crippen LogP contribution in [0.1, 0.15) is 41.7 Å². The smallest absolute Gasteiger partial charge is 0.228 e. The van der Waals surface area contributed by atoms with Crippen molar-refractivity contribution in [3.05, 3.63) is 53.6 Å². The second-order valence-electron chi connectivity index (χ2n) is 7.20.